The Labute approximate surface area is 117 Å². The summed E-state index contributed by atoms with van der Waals surface area (Å²) in [5.74, 6) is 1.03. The molecule has 0 N–H and O–H groups in total. The van der Waals surface area contributed by atoms with Crippen LogP contribution in [-0.2, 0) is 0 Å². The van der Waals surface area contributed by atoms with Crippen molar-refractivity contribution in [2.75, 3.05) is 0 Å². The van der Waals surface area contributed by atoms with Crippen molar-refractivity contribution < 1.29 is 9.66 Å². The number of hydrogen-bond acceptors (Lipinski definition) is 4. The van der Waals surface area contributed by atoms with Crippen LogP contribution in [0.15, 0.2) is 36.4 Å². The van der Waals surface area contributed by atoms with Crippen LogP contribution in [0.3, 0.4) is 0 Å². The molecule has 0 aliphatic rings. The quantitative estimate of drug-likeness (QED) is 0.478. The summed E-state index contributed by atoms with van der Waals surface area (Å²) in [7, 11) is 0. The summed E-state index contributed by atoms with van der Waals surface area (Å²) in [6, 6.07) is 10.4. The van der Waals surface area contributed by atoms with Crippen molar-refractivity contribution in [2.24, 2.45) is 0 Å². The van der Waals surface area contributed by atoms with Gasteiger partial charge in [0.2, 0.25) is 5.88 Å². The van der Waals surface area contributed by atoms with Gasteiger partial charge < -0.3 is 4.74 Å². The lowest BCUT2D eigenvalue weighted by Crippen LogP contribution is -1.96. The fourth-order valence-electron chi connectivity index (χ4n) is 1.42. The number of para-hydroxylation sites is 1. The lowest BCUT2D eigenvalue weighted by molar-refractivity contribution is -0.385. The number of nitrogens with zero attached hydrogens (tertiary/aromatic N) is 2. The van der Waals surface area contributed by atoms with Gasteiger partial charge in [-0.05, 0) is 41.6 Å². The Morgan fingerprint density at radius 2 is 2.00 bits per heavy atom. The molecular weight excluding hydrogens is 347 g/mol. The summed E-state index contributed by atoms with van der Waals surface area (Å²) < 4.78 is 6.54. The highest BCUT2D eigenvalue weighted by Crippen LogP contribution is 2.27. The number of halogens is 1. The minimum atomic E-state index is -0.460. The van der Waals surface area contributed by atoms with Crippen molar-refractivity contribution in [3.05, 3.63) is 55.8 Å². The highest BCUT2D eigenvalue weighted by Gasteiger charge is 2.13. The predicted molar refractivity (Wildman–Crippen MR) is 74.9 cm³/mol. The number of benzene rings is 1. The first-order valence-electron chi connectivity index (χ1n) is 5.12. The van der Waals surface area contributed by atoms with Gasteiger partial charge in [-0.1, -0.05) is 12.1 Å². The number of aromatic nitrogens is 1. The molecule has 0 aliphatic heterocycles. The van der Waals surface area contributed by atoms with E-state index >= 15 is 0 Å². The van der Waals surface area contributed by atoms with E-state index < -0.39 is 4.92 Å². The third kappa shape index (κ3) is 2.76. The van der Waals surface area contributed by atoms with Gasteiger partial charge in [-0.15, -0.1) is 0 Å². The van der Waals surface area contributed by atoms with Gasteiger partial charge in [0.05, 0.1) is 8.49 Å². The number of aryl methyl sites for hydroxylation is 1. The molecule has 18 heavy (non-hydrogen) atoms. The van der Waals surface area contributed by atoms with Crippen LogP contribution in [0.4, 0.5) is 5.69 Å². The molecule has 0 fully saturated rings. The summed E-state index contributed by atoms with van der Waals surface area (Å²) in [6.07, 6.45) is 0. The number of hydrogen-bond donors (Lipinski definition) is 0. The van der Waals surface area contributed by atoms with E-state index in [1.54, 1.807) is 6.92 Å². The average molecular weight is 356 g/mol. The number of rotatable bonds is 3. The zero-order valence-electron chi connectivity index (χ0n) is 9.46. The molecule has 2 rings (SSSR count). The highest BCUT2D eigenvalue weighted by atomic mass is 127. The minimum Gasteiger partial charge on any atom is -0.438 e. The van der Waals surface area contributed by atoms with Crippen molar-refractivity contribution in [3.63, 3.8) is 0 Å². The molecule has 2 aromatic rings. The molecule has 0 unspecified atom stereocenters. The average Bonchev–Trinajstić information content (AvgIpc) is 2.32. The Kier molecular flexibility index (Phi) is 3.75. The van der Waals surface area contributed by atoms with Crippen LogP contribution < -0.4 is 4.74 Å². The molecule has 0 radical (unpaired) electrons. The van der Waals surface area contributed by atoms with Crippen molar-refractivity contribution in [2.45, 2.75) is 6.92 Å². The second kappa shape index (κ2) is 5.30. The van der Waals surface area contributed by atoms with Crippen LogP contribution >= 0.6 is 22.6 Å². The predicted octanol–water partition coefficient (Wildman–Crippen LogP) is 3.70. The van der Waals surface area contributed by atoms with Crippen LogP contribution in [0.5, 0.6) is 11.6 Å². The Morgan fingerprint density at radius 1 is 1.28 bits per heavy atom. The second-order valence-electron chi connectivity index (χ2n) is 3.54. The van der Waals surface area contributed by atoms with Gasteiger partial charge in [0.15, 0.2) is 0 Å². The Bertz CT molecular complexity index is 602. The Morgan fingerprint density at radius 3 is 2.61 bits per heavy atom. The molecule has 0 saturated heterocycles. The maximum Gasteiger partial charge on any atom is 0.290 e. The zero-order chi connectivity index (χ0) is 13.1. The van der Waals surface area contributed by atoms with E-state index in [-0.39, 0.29) is 5.69 Å². The second-order valence-corrected chi connectivity index (χ2v) is 4.71. The van der Waals surface area contributed by atoms with Crippen molar-refractivity contribution in [1.82, 2.24) is 4.98 Å². The Hall–Kier alpha value is -1.70. The largest absolute Gasteiger partial charge is 0.438 e. The van der Waals surface area contributed by atoms with Crippen LogP contribution in [0.1, 0.15) is 5.69 Å². The van der Waals surface area contributed by atoms with Gasteiger partial charge in [0.25, 0.3) is 5.69 Å². The van der Waals surface area contributed by atoms with E-state index in [1.165, 1.54) is 12.1 Å². The van der Waals surface area contributed by atoms with Gasteiger partial charge >= 0.3 is 0 Å². The Balaban J connectivity index is 2.29. The van der Waals surface area contributed by atoms with E-state index in [1.807, 2.05) is 24.3 Å². The highest BCUT2D eigenvalue weighted by molar-refractivity contribution is 14.1. The zero-order valence-corrected chi connectivity index (χ0v) is 11.6. The van der Waals surface area contributed by atoms with E-state index in [9.17, 15) is 10.1 Å². The molecule has 6 heteroatoms. The molecule has 0 bridgehead atoms. The molecule has 92 valence electrons. The maximum atomic E-state index is 10.7. The van der Waals surface area contributed by atoms with Crippen LogP contribution in [0.2, 0.25) is 0 Å². The molecule has 1 aromatic heterocycles. The van der Waals surface area contributed by atoms with Crippen molar-refractivity contribution in [1.29, 1.82) is 0 Å². The lowest BCUT2D eigenvalue weighted by atomic mass is 10.3. The number of ether oxygens (including phenoxy) is 1. The van der Waals surface area contributed by atoms with Gasteiger partial charge in [-0.25, -0.2) is 4.98 Å². The fourth-order valence-corrected chi connectivity index (χ4v) is 1.92. The van der Waals surface area contributed by atoms with Gasteiger partial charge in [0.1, 0.15) is 11.4 Å². The lowest BCUT2D eigenvalue weighted by Gasteiger charge is -2.07. The third-order valence-electron chi connectivity index (χ3n) is 2.28. The summed E-state index contributed by atoms with van der Waals surface area (Å²) in [6.45, 7) is 1.58. The summed E-state index contributed by atoms with van der Waals surface area (Å²) in [4.78, 5) is 14.3. The van der Waals surface area contributed by atoms with E-state index in [0.29, 0.717) is 17.3 Å². The molecule has 5 nitrogen and oxygen atoms in total. The molecular formula is C12H9IN2O3. The van der Waals surface area contributed by atoms with Crippen LogP contribution in [0, 0.1) is 20.6 Å². The number of nitro groups is 1. The normalized spacial score (nSPS) is 10.1. The molecule has 0 saturated carbocycles. The summed E-state index contributed by atoms with van der Waals surface area (Å²) >= 11 is 2.15. The third-order valence-corrected chi connectivity index (χ3v) is 3.17. The van der Waals surface area contributed by atoms with Gasteiger partial charge in [0, 0.05) is 12.1 Å². The fraction of sp³-hybridized carbons (Fsp3) is 0.0833. The molecule has 1 heterocycles. The first-order chi connectivity index (χ1) is 8.58. The monoisotopic (exact) mass is 356 g/mol. The minimum absolute atomic E-state index is 0.00916. The molecule has 0 amide bonds. The first kappa shape index (κ1) is 12.7. The van der Waals surface area contributed by atoms with Crippen LogP contribution in [-0.4, -0.2) is 9.91 Å². The van der Waals surface area contributed by atoms with Gasteiger partial charge in [-0.2, -0.15) is 0 Å². The molecule has 0 spiro atoms. The summed E-state index contributed by atoms with van der Waals surface area (Å²) in [5.41, 5.74) is 0.327. The molecule has 1 aromatic carbocycles. The number of pyridine rings is 1. The maximum absolute atomic E-state index is 10.7. The van der Waals surface area contributed by atoms with E-state index in [0.717, 1.165) is 3.57 Å². The SMILES string of the molecule is Cc1nc(Oc2ccccc2I)ccc1[N+](=O)[O-]. The standard InChI is InChI=1S/C12H9IN2O3/c1-8-10(15(16)17)6-7-12(14-8)18-11-5-3-2-4-9(11)13/h2-7H,1H3. The first-order valence-corrected chi connectivity index (χ1v) is 6.20. The topological polar surface area (TPSA) is 65.3 Å². The van der Waals surface area contributed by atoms with Crippen molar-refractivity contribution >= 4 is 28.3 Å². The van der Waals surface area contributed by atoms with E-state index in [2.05, 4.69) is 27.6 Å². The molecule has 0 atom stereocenters. The van der Waals surface area contributed by atoms with Crippen LogP contribution in [0.25, 0.3) is 0 Å². The smallest absolute Gasteiger partial charge is 0.290 e. The van der Waals surface area contributed by atoms with E-state index in [4.69, 9.17) is 4.74 Å². The summed E-state index contributed by atoms with van der Waals surface area (Å²) in [5, 5.41) is 10.7. The molecule has 0 aliphatic carbocycles. The van der Waals surface area contributed by atoms with Crippen molar-refractivity contribution in [3.8, 4) is 11.6 Å². The van der Waals surface area contributed by atoms with Gasteiger partial charge in [-0.3, -0.25) is 10.1 Å².